The maximum Gasteiger partial charge on any atom is 0.418 e. The third-order valence-electron chi connectivity index (χ3n) is 3.26. The van der Waals surface area contributed by atoms with Crippen LogP contribution in [-0.2, 0) is 6.18 Å². The first-order valence-electron chi connectivity index (χ1n) is 7.08. The van der Waals surface area contributed by atoms with Crippen molar-refractivity contribution in [3.63, 3.8) is 0 Å². The Morgan fingerprint density at radius 2 is 1.90 bits per heavy atom. The van der Waals surface area contributed by atoms with Crippen LogP contribution in [-0.4, -0.2) is 6.04 Å². The molecular weight excluding hydrogens is 265 g/mol. The highest BCUT2D eigenvalue weighted by atomic mass is 19.4. The van der Waals surface area contributed by atoms with Crippen molar-refractivity contribution in [1.82, 2.24) is 0 Å². The van der Waals surface area contributed by atoms with Crippen LogP contribution >= 0.6 is 0 Å². The maximum atomic E-state index is 12.7. The van der Waals surface area contributed by atoms with E-state index in [-0.39, 0.29) is 11.7 Å². The Kier molecular flexibility index (Phi) is 6.17. The molecule has 1 aromatic carbocycles. The zero-order valence-corrected chi connectivity index (χ0v) is 12.1. The lowest BCUT2D eigenvalue weighted by atomic mass is 10.1. The average Bonchev–Trinajstić information content (AvgIpc) is 2.36. The van der Waals surface area contributed by atoms with Gasteiger partial charge in [-0.25, -0.2) is 0 Å². The normalized spacial score (nSPS) is 13.2. The van der Waals surface area contributed by atoms with Gasteiger partial charge in [-0.05, 0) is 31.5 Å². The van der Waals surface area contributed by atoms with Crippen molar-refractivity contribution in [1.29, 1.82) is 0 Å². The lowest BCUT2D eigenvalue weighted by Crippen LogP contribution is -2.16. The number of nitrogen functional groups attached to an aromatic ring is 1. The van der Waals surface area contributed by atoms with E-state index in [9.17, 15) is 13.2 Å². The zero-order chi connectivity index (χ0) is 15.2. The SMILES string of the molecule is CCCCCCC(C)Nc1ccc(N)c(C(F)(F)F)c1. The third kappa shape index (κ3) is 5.31. The smallest absolute Gasteiger partial charge is 0.398 e. The zero-order valence-electron chi connectivity index (χ0n) is 12.1. The van der Waals surface area contributed by atoms with Gasteiger partial charge in [0.15, 0.2) is 0 Å². The summed E-state index contributed by atoms with van der Waals surface area (Å²) >= 11 is 0. The second kappa shape index (κ2) is 7.41. The van der Waals surface area contributed by atoms with Gasteiger partial charge in [-0.15, -0.1) is 0 Å². The Bertz CT molecular complexity index is 416. The molecule has 20 heavy (non-hydrogen) atoms. The second-order valence-corrected chi connectivity index (χ2v) is 5.19. The molecule has 1 aromatic rings. The Hall–Kier alpha value is -1.39. The summed E-state index contributed by atoms with van der Waals surface area (Å²) < 4.78 is 38.2. The molecule has 0 saturated carbocycles. The van der Waals surface area contributed by atoms with Crippen LogP contribution in [0.2, 0.25) is 0 Å². The van der Waals surface area contributed by atoms with E-state index in [1.807, 2.05) is 6.92 Å². The number of unbranched alkanes of at least 4 members (excludes halogenated alkanes) is 3. The van der Waals surface area contributed by atoms with Crippen LogP contribution in [0.1, 0.15) is 51.5 Å². The molecule has 0 fully saturated rings. The molecule has 1 unspecified atom stereocenters. The summed E-state index contributed by atoms with van der Waals surface area (Å²) in [5.41, 5.74) is 4.82. The molecule has 5 heteroatoms. The van der Waals surface area contributed by atoms with Crippen molar-refractivity contribution in [2.24, 2.45) is 0 Å². The van der Waals surface area contributed by atoms with E-state index in [1.165, 1.54) is 18.9 Å². The van der Waals surface area contributed by atoms with Crippen molar-refractivity contribution < 1.29 is 13.2 Å². The van der Waals surface area contributed by atoms with Gasteiger partial charge in [-0.2, -0.15) is 13.2 Å². The Morgan fingerprint density at radius 1 is 1.20 bits per heavy atom. The number of anilines is 2. The van der Waals surface area contributed by atoms with E-state index in [0.29, 0.717) is 5.69 Å². The molecule has 114 valence electrons. The summed E-state index contributed by atoms with van der Waals surface area (Å²) in [6.45, 7) is 4.13. The molecule has 0 aliphatic heterocycles. The van der Waals surface area contributed by atoms with Crippen LogP contribution < -0.4 is 11.1 Å². The molecule has 0 heterocycles. The van der Waals surface area contributed by atoms with E-state index in [1.54, 1.807) is 6.07 Å². The summed E-state index contributed by atoms with van der Waals surface area (Å²) in [6, 6.07) is 4.12. The van der Waals surface area contributed by atoms with E-state index in [0.717, 1.165) is 25.3 Å². The number of benzene rings is 1. The third-order valence-corrected chi connectivity index (χ3v) is 3.26. The van der Waals surface area contributed by atoms with Crippen molar-refractivity contribution >= 4 is 11.4 Å². The molecule has 0 bridgehead atoms. The molecule has 0 radical (unpaired) electrons. The fraction of sp³-hybridized carbons (Fsp3) is 0.600. The maximum absolute atomic E-state index is 12.7. The standard InChI is InChI=1S/C15H23F3N2/c1-3-4-5-6-7-11(2)20-12-8-9-14(19)13(10-12)15(16,17)18/h8-11,20H,3-7,19H2,1-2H3. The minimum absolute atomic E-state index is 0.150. The predicted molar refractivity (Wildman–Crippen MR) is 77.7 cm³/mol. The van der Waals surface area contributed by atoms with Gasteiger partial charge in [0.1, 0.15) is 0 Å². The summed E-state index contributed by atoms with van der Waals surface area (Å²) in [5, 5.41) is 3.10. The fourth-order valence-corrected chi connectivity index (χ4v) is 2.13. The number of hydrogen-bond acceptors (Lipinski definition) is 2. The van der Waals surface area contributed by atoms with Crippen molar-refractivity contribution in [3.05, 3.63) is 23.8 Å². The number of alkyl halides is 3. The van der Waals surface area contributed by atoms with Crippen LogP contribution in [0.15, 0.2) is 18.2 Å². The van der Waals surface area contributed by atoms with Crippen molar-refractivity contribution in [2.45, 2.75) is 58.2 Å². The van der Waals surface area contributed by atoms with Crippen LogP contribution in [0.5, 0.6) is 0 Å². The number of nitrogens with two attached hydrogens (primary N) is 1. The molecule has 0 spiro atoms. The van der Waals surface area contributed by atoms with E-state index >= 15 is 0 Å². The number of nitrogens with one attached hydrogen (secondary N) is 1. The van der Waals surface area contributed by atoms with E-state index in [2.05, 4.69) is 12.2 Å². The van der Waals surface area contributed by atoms with Gasteiger partial charge in [0.2, 0.25) is 0 Å². The van der Waals surface area contributed by atoms with Gasteiger partial charge in [0.25, 0.3) is 0 Å². The number of hydrogen-bond donors (Lipinski definition) is 2. The molecule has 0 aliphatic carbocycles. The first-order valence-corrected chi connectivity index (χ1v) is 7.08. The van der Waals surface area contributed by atoms with Gasteiger partial charge in [-0.3, -0.25) is 0 Å². The predicted octanol–water partition coefficient (Wildman–Crippen LogP) is 5.06. The van der Waals surface area contributed by atoms with E-state index < -0.39 is 11.7 Å². The van der Waals surface area contributed by atoms with Gasteiger partial charge in [0.05, 0.1) is 5.56 Å². The molecule has 0 aliphatic rings. The fourth-order valence-electron chi connectivity index (χ4n) is 2.13. The molecule has 0 saturated heterocycles. The molecule has 3 N–H and O–H groups in total. The number of halogens is 3. The number of rotatable bonds is 7. The van der Waals surface area contributed by atoms with Crippen LogP contribution in [0.3, 0.4) is 0 Å². The molecule has 1 atom stereocenters. The molecule has 1 rings (SSSR count). The van der Waals surface area contributed by atoms with Gasteiger partial charge in [0, 0.05) is 17.4 Å². The van der Waals surface area contributed by atoms with Crippen LogP contribution in [0, 0.1) is 0 Å². The first kappa shape index (κ1) is 16.7. The average molecular weight is 288 g/mol. The first-order chi connectivity index (χ1) is 9.34. The van der Waals surface area contributed by atoms with Crippen molar-refractivity contribution in [3.8, 4) is 0 Å². The van der Waals surface area contributed by atoms with Crippen LogP contribution in [0.4, 0.5) is 24.5 Å². The minimum Gasteiger partial charge on any atom is -0.398 e. The van der Waals surface area contributed by atoms with Gasteiger partial charge in [-0.1, -0.05) is 32.6 Å². The van der Waals surface area contributed by atoms with Crippen LogP contribution in [0.25, 0.3) is 0 Å². The lowest BCUT2D eigenvalue weighted by molar-refractivity contribution is -0.136. The lowest BCUT2D eigenvalue weighted by Gasteiger charge is -2.17. The highest BCUT2D eigenvalue weighted by Gasteiger charge is 2.33. The Balaban J connectivity index is 2.60. The van der Waals surface area contributed by atoms with E-state index in [4.69, 9.17) is 5.73 Å². The summed E-state index contributed by atoms with van der Waals surface area (Å²) in [5.74, 6) is 0. The topological polar surface area (TPSA) is 38.0 Å². The quantitative estimate of drug-likeness (QED) is 0.543. The highest BCUT2D eigenvalue weighted by Crippen LogP contribution is 2.35. The highest BCUT2D eigenvalue weighted by molar-refractivity contribution is 5.58. The largest absolute Gasteiger partial charge is 0.418 e. The monoisotopic (exact) mass is 288 g/mol. The van der Waals surface area contributed by atoms with Gasteiger partial charge < -0.3 is 11.1 Å². The summed E-state index contributed by atoms with van der Waals surface area (Å²) in [4.78, 5) is 0. The summed E-state index contributed by atoms with van der Waals surface area (Å²) in [6.07, 6.45) is 1.17. The molecule has 2 nitrogen and oxygen atoms in total. The molecular formula is C15H23F3N2. The Morgan fingerprint density at radius 3 is 2.50 bits per heavy atom. The van der Waals surface area contributed by atoms with Gasteiger partial charge >= 0.3 is 6.18 Å². The minimum atomic E-state index is -4.41. The second-order valence-electron chi connectivity index (χ2n) is 5.19. The molecule has 0 aromatic heterocycles. The summed E-state index contributed by atoms with van der Waals surface area (Å²) in [7, 11) is 0. The Labute approximate surface area is 118 Å². The van der Waals surface area contributed by atoms with Crippen molar-refractivity contribution in [2.75, 3.05) is 11.1 Å². The molecule has 0 amide bonds.